The Morgan fingerprint density at radius 1 is 0.773 bits per heavy atom. The Hall–Kier alpha value is -1.80. The lowest BCUT2D eigenvalue weighted by Crippen LogP contribution is -2.45. The summed E-state index contributed by atoms with van der Waals surface area (Å²) in [5.74, 6) is 0. The molecule has 2 aromatic rings. The Morgan fingerprint density at radius 2 is 1.18 bits per heavy atom. The van der Waals surface area contributed by atoms with Crippen LogP contribution in [0, 0.1) is 0 Å². The molecule has 0 saturated carbocycles. The summed E-state index contributed by atoms with van der Waals surface area (Å²) in [6.45, 7) is 11.9. The van der Waals surface area contributed by atoms with Crippen molar-refractivity contribution in [2.24, 2.45) is 0 Å². The number of aryl methyl sites for hydroxylation is 2. The summed E-state index contributed by atoms with van der Waals surface area (Å²) in [4.78, 5) is 4.87. The quantitative estimate of drug-likeness (QED) is 0.761. The molecule has 0 N–H and O–H groups in total. The van der Waals surface area contributed by atoms with E-state index < -0.39 is 0 Å². The van der Waals surface area contributed by atoms with Crippen LogP contribution in [-0.4, -0.2) is 66.0 Å². The summed E-state index contributed by atoms with van der Waals surface area (Å²) in [5, 5.41) is 16.6. The topological polar surface area (TPSA) is 67.9 Å². The van der Waals surface area contributed by atoms with E-state index in [4.69, 9.17) is 0 Å². The van der Waals surface area contributed by atoms with Crippen LogP contribution in [0.25, 0.3) is 0 Å². The van der Waals surface area contributed by atoms with Crippen molar-refractivity contribution >= 4 is 0 Å². The van der Waals surface area contributed by atoms with Gasteiger partial charge < -0.3 is 0 Å². The van der Waals surface area contributed by atoms with Crippen molar-refractivity contribution in [1.82, 2.24) is 39.8 Å². The zero-order valence-electron chi connectivity index (χ0n) is 13.4. The van der Waals surface area contributed by atoms with Crippen molar-refractivity contribution < 1.29 is 0 Å². The molecule has 0 aromatic carbocycles. The summed E-state index contributed by atoms with van der Waals surface area (Å²) in [6.07, 6.45) is 4.07. The molecule has 0 bridgehead atoms. The Morgan fingerprint density at radius 3 is 1.50 bits per heavy atom. The van der Waals surface area contributed by atoms with Crippen molar-refractivity contribution in [2.45, 2.75) is 40.0 Å². The van der Waals surface area contributed by atoms with Gasteiger partial charge in [0, 0.05) is 64.8 Å². The molecule has 0 radical (unpaired) electrons. The summed E-state index contributed by atoms with van der Waals surface area (Å²) < 4.78 is 3.76. The van der Waals surface area contributed by atoms with Gasteiger partial charge in [0.05, 0.1) is 11.4 Å². The van der Waals surface area contributed by atoms with E-state index in [9.17, 15) is 0 Å². The number of rotatable bonds is 6. The average Bonchev–Trinajstić information content (AvgIpc) is 3.18. The first-order valence-electron chi connectivity index (χ1n) is 7.99. The lowest BCUT2D eigenvalue weighted by Gasteiger charge is -2.33. The Kier molecular flexibility index (Phi) is 4.79. The third-order valence-electron chi connectivity index (χ3n) is 4.06. The molecule has 0 amide bonds. The molecule has 1 fully saturated rings. The van der Waals surface area contributed by atoms with Crippen LogP contribution in [0.4, 0.5) is 0 Å². The van der Waals surface area contributed by atoms with Gasteiger partial charge in [-0.25, -0.2) is 0 Å². The fourth-order valence-electron chi connectivity index (χ4n) is 2.69. The maximum absolute atomic E-state index is 4.22. The van der Waals surface area contributed by atoms with Crippen molar-refractivity contribution in [3.05, 3.63) is 23.8 Å². The van der Waals surface area contributed by atoms with E-state index in [-0.39, 0.29) is 0 Å². The molecule has 1 saturated heterocycles. The van der Waals surface area contributed by atoms with Crippen molar-refractivity contribution in [2.75, 3.05) is 26.2 Å². The minimum Gasteiger partial charge on any atom is -0.295 e. The molecule has 22 heavy (non-hydrogen) atoms. The molecule has 8 nitrogen and oxygen atoms in total. The van der Waals surface area contributed by atoms with Crippen LogP contribution in [0.15, 0.2) is 12.4 Å². The summed E-state index contributed by atoms with van der Waals surface area (Å²) >= 11 is 0. The standard InChI is InChI=1S/C14H24N8/c1-3-21-11-13(15-17-21)9-19-5-7-20(8-6-19)10-14-12-22(4-2)18-16-14/h11-12H,3-10H2,1-2H3. The van der Waals surface area contributed by atoms with Gasteiger partial charge in [-0.3, -0.25) is 19.2 Å². The summed E-state index contributed by atoms with van der Waals surface area (Å²) in [6, 6.07) is 0. The van der Waals surface area contributed by atoms with Crippen molar-refractivity contribution in [3.8, 4) is 0 Å². The molecule has 0 spiro atoms. The van der Waals surface area contributed by atoms with Gasteiger partial charge in [-0.15, -0.1) is 10.2 Å². The largest absolute Gasteiger partial charge is 0.295 e. The fourth-order valence-corrected chi connectivity index (χ4v) is 2.69. The number of hydrogen-bond donors (Lipinski definition) is 0. The van der Waals surface area contributed by atoms with Gasteiger partial charge in [0.1, 0.15) is 0 Å². The molecule has 3 rings (SSSR count). The molecule has 0 aliphatic carbocycles. The Bertz CT molecular complexity index is 529. The van der Waals surface area contributed by atoms with Crippen LogP contribution < -0.4 is 0 Å². The van der Waals surface area contributed by atoms with Gasteiger partial charge in [-0.1, -0.05) is 10.4 Å². The molecule has 120 valence electrons. The normalized spacial score (nSPS) is 17.2. The predicted molar refractivity (Wildman–Crippen MR) is 81.9 cm³/mol. The molecule has 1 aliphatic heterocycles. The van der Waals surface area contributed by atoms with Crippen molar-refractivity contribution in [3.63, 3.8) is 0 Å². The smallest absolute Gasteiger partial charge is 0.0967 e. The van der Waals surface area contributed by atoms with E-state index in [1.54, 1.807) is 0 Å². The highest BCUT2D eigenvalue weighted by atomic mass is 15.4. The fraction of sp³-hybridized carbons (Fsp3) is 0.714. The van der Waals surface area contributed by atoms with E-state index in [0.717, 1.165) is 63.7 Å². The summed E-state index contributed by atoms with van der Waals surface area (Å²) in [5.41, 5.74) is 2.11. The minimum absolute atomic E-state index is 0.874. The second kappa shape index (κ2) is 6.97. The van der Waals surface area contributed by atoms with Crippen LogP contribution in [0.1, 0.15) is 25.2 Å². The van der Waals surface area contributed by atoms with Gasteiger partial charge in [0.15, 0.2) is 0 Å². The van der Waals surface area contributed by atoms with Crippen LogP contribution in [0.5, 0.6) is 0 Å². The number of nitrogens with zero attached hydrogens (tertiary/aromatic N) is 8. The first-order chi connectivity index (χ1) is 10.8. The van der Waals surface area contributed by atoms with E-state index in [1.807, 2.05) is 21.8 Å². The predicted octanol–water partition coefficient (Wildman–Crippen LogP) is 0.227. The van der Waals surface area contributed by atoms with Crippen LogP contribution in [-0.2, 0) is 26.2 Å². The highest BCUT2D eigenvalue weighted by molar-refractivity contribution is 4.95. The third-order valence-corrected chi connectivity index (χ3v) is 4.06. The van der Waals surface area contributed by atoms with Gasteiger partial charge in [-0.2, -0.15) is 0 Å². The Balaban J connectivity index is 1.45. The summed E-state index contributed by atoms with van der Waals surface area (Å²) in [7, 11) is 0. The molecular formula is C14H24N8. The molecule has 1 aliphatic rings. The van der Waals surface area contributed by atoms with Gasteiger partial charge in [0.2, 0.25) is 0 Å². The van der Waals surface area contributed by atoms with Crippen LogP contribution in [0.2, 0.25) is 0 Å². The van der Waals surface area contributed by atoms with E-state index in [0.29, 0.717) is 0 Å². The van der Waals surface area contributed by atoms with Crippen LogP contribution >= 0.6 is 0 Å². The second-order valence-corrected chi connectivity index (χ2v) is 5.68. The van der Waals surface area contributed by atoms with E-state index in [1.165, 1.54) is 0 Å². The maximum atomic E-state index is 4.22. The highest BCUT2D eigenvalue weighted by Crippen LogP contribution is 2.09. The number of aromatic nitrogens is 6. The van der Waals surface area contributed by atoms with Crippen LogP contribution in [0.3, 0.4) is 0 Å². The zero-order valence-corrected chi connectivity index (χ0v) is 13.4. The van der Waals surface area contributed by atoms with Crippen molar-refractivity contribution in [1.29, 1.82) is 0 Å². The number of piperazine rings is 1. The monoisotopic (exact) mass is 304 g/mol. The molecule has 8 heteroatoms. The average molecular weight is 304 g/mol. The highest BCUT2D eigenvalue weighted by Gasteiger charge is 2.18. The van der Waals surface area contributed by atoms with Gasteiger partial charge in [0.25, 0.3) is 0 Å². The zero-order chi connectivity index (χ0) is 15.4. The van der Waals surface area contributed by atoms with Gasteiger partial charge >= 0.3 is 0 Å². The molecular weight excluding hydrogens is 280 g/mol. The SMILES string of the molecule is CCn1cc(CN2CCN(Cc3cn(CC)nn3)CC2)nn1. The van der Waals surface area contributed by atoms with E-state index in [2.05, 4.69) is 44.3 Å². The molecule has 0 atom stereocenters. The lowest BCUT2D eigenvalue weighted by atomic mass is 10.3. The third kappa shape index (κ3) is 3.69. The lowest BCUT2D eigenvalue weighted by molar-refractivity contribution is 0.120. The maximum Gasteiger partial charge on any atom is 0.0967 e. The Labute approximate surface area is 130 Å². The second-order valence-electron chi connectivity index (χ2n) is 5.68. The van der Waals surface area contributed by atoms with Gasteiger partial charge in [-0.05, 0) is 13.8 Å². The first kappa shape index (κ1) is 15.1. The molecule has 3 heterocycles. The molecule has 2 aromatic heterocycles. The van der Waals surface area contributed by atoms with E-state index >= 15 is 0 Å². The number of hydrogen-bond acceptors (Lipinski definition) is 6. The molecule has 0 unspecified atom stereocenters. The minimum atomic E-state index is 0.874. The first-order valence-corrected chi connectivity index (χ1v) is 7.99.